The van der Waals surface area contributed by atoms with E-state index >= 15 is 0 Å². The monoisotopic (exact) mass is 483 g/mol. The van der Waals surface area contributed by atoms with Crippen LogP contribution in [0.15, 0.2) is 60.0 Å². The number of aryl methyl sites for hydroxylation is 1. The average Bonchev–Trinajstić information content (AvgIpc) is 3.38. The molecule has 0 radical (unpaired) electrons. The number of alkyl halides is 2. The lowest BCUT2D eigenvalue weighted by molar-refractivity contribution is -0.0498. The van der Waals surface area contributed by atoms with Crippen molar-refractivity contribution in [2.75, 3.05) is 5.75 Å². The molecule has 4 rings (SSSR count). The number of rotatable bonds is 9. The van der Waals surface area contributed by atoms with Crippen LogP contribution in [0.5, 0.6) is 5.75 Å². The number of ketones is 1. The molecule has 0 atom stereocenters. The number of pyridine rings is 1. The van der Waals surface area contributed by atoms with E-state index in [1.165, 1.54) is 23.9 Å². The first-order valence-electron chi connectivity index (χ1n) is 10.6. The molecule has 0 N–H and O–H groups in total. The second-order valence-electron chi connectivity index (χ2n) is 7.49. The number of thioether (sulfide) groups is 1. The third kappa shape index (κ3) is 4.86. The number of benzene rings is 1. The third-order valence-corrected chi connectivity index (χ3v) is 6.32. The quantitative estimate of drug-likeness (QED) is 0.236. The number of nitrogens with zero attached hydrogens (tertiary/aromatic N) is 5. The summed E-state index contributed by atoms with van der Waals surface area (Å²) < 4.78 is 33.1. The molecule has 0 aliphatic carbocycles. The minimum atomic E-state index is -2.87. The first-order chi connectivity index (χ1) is 16.4. The summed E-state index contributed by atoms with van der Waals surface area (Å²) in [4.78, 5) is 17.1. The van der Waals surface area contributed by atoms with Crippen molar-refractivity contribution < 1.29 is 18.3 Å². The summed E-state index contributed by atoms with van der Waals surface area (Å²) in [6.07, 6.45) is 3.41. The van der Waals surface area contributed by atoms with E-state index in [0.717, 1.165) is 28.5 Å². The maximum absolute atomic E-state index is 13.1. The molecule has 10 heteroatoms. The van der Waals surface area contributed by atoms with Gasteiger partial charge in [0.05, 0.1) is 5.75 Å². The van der Waals surface area contributed by atoms with Crippen molar-refractivity contribution in [1.82, 2.24) is 24.3 Å². The molecular formula is C24H23F2N5O2S. The van der Waals surface area contributed by atoms with Gasteiger partial charge in [-0.3, -0.25) is 9.78 Å². The first kappa shape index (κ1) is 23.6. The molecule has 176 valence electrons. The van der Waals surface area contributed by atoms with Crippen LogP contribution >= 0.6 is 11.8 Å². The van der Waals surface area contributed by atoms with Crippen LogP contribution in [0.2, 0.25) is 0 Å². The van der Waals surface area contributed by atoms with Crippen LogP contribution in [-0.2, 0) is 6.54 Å². The molecule has 0 spiro atoms. The Bertz CT molecular complexity index is 1290. The van der Waals surface area contributed by atoms with Gasteiger partial charge >= 0.3 is 6.61 Å². The Kier molecular flexibility index (Phi) is 7.06. The van der Waals surface area contributed by atoms with Crippen molar-refractivity contribution in [1.29, 1.82) is 0 Å². The summed E-state index contributed by atoms with van der Waals surface area (Å²) in [5.74, 6) is 0.996. The summed E-state index contributed by atoms with van der Waals surface area (Å²) in [6.45, 7) is 3.56. The Morgan fingerprint density at radius 2 is 1.79 bits per heavy atom. The Balaban J connectivity index is 1.51. The summed E-state index contributed by atoms with van der Waals surface area (Å²) >= 11 is 1.34. The largest absolute Gasteiger partial charge is 0.435 e. The maximum atomic E-state index is 13.1. The fraction of sp³-hybridized carbons (Fsp3) is 0.250. The minimum absolute atomic E-state index is 0.0295. The molecule has 4 aromatic rings. The van der Waals surface area contributed by atoms with E-state index in [1.54, 1.807) is 24.5 Å². The molecule has 0 saturated carbocycles. The van der Waals surface area contributed by atoms with Crippen molar-refractivity contribution in [2.24, 2.45) is 0 Å². The Hall–Kier alpha value is -3.53. The molecule has 0 saturated heterocycles. The lowest BCUT2D eigenvalue weighted by Gasteiger charge is -2.11. The fourth-order valence-corrected chi connectivity index (χ4v) is 4.71. The first-order valence-corrected chi connectivity index (χ1v) is 11.6. The lowest BCUT2D eigenvalue weighted by Crippen LogP contribution is -2.07. The van der Waals surface area contributed by atoms with Gasteiger partial charge in [-0.05, 0) is 63.2 Å². The smallest absolute Gasteiger partial charge is 0.387 e. The van der Waals surface area contributed by atoms with Gasteiger partial charge in [-0.15, -0.1) is 10.2 Å². The molecule has 34 heavy (non-hydrogen) atoms. The molecule has 0 bridgehead atoms. The van der Waals surface area contributed by atoms with Crippen LogP contribution in [0.4, 0.5) is 8.78 Å². The van der Waals surface area contributed by atoms with E-state index in [-0.39, 0.29) is 17.3 Å². The van der Waals surface area contributed by atoms with Crippen LogP contribution in [0.1, 0.15) is 28.7 Å². The second-order valence-corrected chi connectivity index (χ2v) is 8.43. The second kappa shape index (κ2) is 10.2. The van der Waals surface area contributed by atoms with Crippen LogP contribution in [-0.4, -0.2) is 42.5 Å². The van der Waals surface area contributed by atoms with Gasteiger partial charge in [-0.2, -0.15) is 8.78 Å². The fourth-order valence-electron chi connectivity index (χ4n) is 3.82. The van der Waals surface area contributed by atoms with Crippen molar-refractivity contribution in [2.45, 2.75) is 39.1 Å². The van der Waals surface area contributed by atoms with Crippen LogP contribution in [0.25, 0.3) is 17.1 Å². The molecule has 3 aromatic heterocycles. The molecule has 7 nitrogen and oxygen atoms in total. The van der Waals surface area contributed by atoms with Gasteiger partial charge in [-0.25, -0.2) is 0 Å². The van der Waals surface area contributed by atoms with E-state index in [9.17, 15) is 13.6 Å². The topological polar surface area (TPSA) is 74.8 Å². The summed E-state index contributed by atoms with van der Waals surface area (Å²) in [7, 11) is 0. The van der Waals surface area contributed by atoms with Crippen molar-refractivity contribution in [3.8, 4) is 22.8 Å². The van der Waals surface area contributed by atoms with E-state index in [1.807, 2.05) is 48.1 Å². The average molecular weight is 484 g/mol. The highest BCUT2D eigenvalue weighted by Gasteiger charge is 2.19. The Morgan fingerprint density at radius 1 is 1.09 bits per heavy atom. The van der Waals surface area contributed by atoms with Gasteiger partial charge in [-0.1, -0.05) is 11.8 Å². The predicted molar refractivity (Wildman–Crippen MR) is 126 cm³/mol. The third-order valence-electron chi connectivity index (χ3n) is 5.36. The zero-order chi connectivity index (χ0) is 24.2. The highest BCUT2D eigenvalue weighted by atomic mass is 32.2. The standard InChI is InChI=1S/C24H23F2N5O2S/c1-4-30-22(17-9-11-27-12-10-17)28-29-24(30)34-14-21(32)20-13-15(2)31(16(20)3)18-5-7-19(8-6-18)33-23(25)26/h5-13,23H,4,14H2,1-3H3. The number of carbonyl (C=O) groups excluding carboxylic acids is 1. The van der Waals surface area contributed by atoms with Crippen molar-refractivity contribution >= 4 is 17.5 Å². The molecule has 0 fully saturated rings. The van der Waals surface area contributed by atoms with Crippen molar-refractivity contribution in [3.63, 3.8) is 0 Å². The van der Waals surface area contributed by atoms with E-state index in [0.29, 0.717) is 17.3 Å². The molecule has 0 amide bonds. The molecule has 3 heterocycles. The predicted octanol–water partition coefficient (Wildman–Crippen LogP) is 5.34. The SMILES string of the molecule is CCn1c(SCC(=O)c2cc(C)n(-c3ccc(OC(F)F)cc3)c2C)nnc1-c1ccncc1. The zero-order valence-corrected chi connectivity index (χ0v) is 19.7. The lowest BCUT2D eigenvalue weighted by atomic mass is 10.2. The molecule has 1 aromatic carbocycles. The van der Waals surface area contributed by atoms with Crippen LogP contribution in [0.3, 0.4) is 0 Å². The van der Waals surface area contributed by atoms with E-state index in [4.69, 9.17) is 0 Å². The van der Waals surface area contributed by atoms with E-state index in [2.05, 4.69) is 19.9 Å². The number of carbonyl (C=O) groups is 1. The van der Waals surface area contributed by atoms with Gasteiger partial charge in [0.2, 0.25) is 0 Å². The van der Waals surface area contributed by atoms with Gasteiger partial charge in [0, 0.05) is 47.1 Å². The van der Waals surface area contributed by atoms with Gasteiger partial charge in [0.15, 0.2) is 16.8 Å². The van der Waals surface area contributed by atoms with Crippen LogP contribution in [0, 0.1) is 13.8 Å². The normalized spacial score (nSPS) is 11.2. The number of halogens is 2. The highest BCUT2D eigenvalue weighted by Crippen LogP contribution is 2.27. The molecular weight excluding hydrogens is 460 g/mol. The van der Waals surface area contributed by atoms with Gasteiger partial charge < -0.3 is 13.9 Å². The number of Topliss-reactive ketones (excluding diaryl/α,β-unsaturated/α-hetero) is 1. The number of hydrogen-bond acceptors (Lipinski definition) is 6. The molecule has 0 aliphatic heterocycles. The Labute approximate surface area is 199 Å². The zero-order valence-electron chi connectivity index (χ0n) is 18.9. The number of hydrogen-bond donors (Lipinski definition) is 0. The summed E-state index contributed by atoms with van der Waals surface area (Å²) in [5.41, 5.74) is 3.92. The summed E-state index contributed by atoms with van der Waals surface area (Å²) in [5, 5.41) is 9.26. The van der Waals surface area contributed by atoms with E-state index < -0.39 is 6.61 Å². The number of ether oxygens (including phenoxy) is 1. The van der Waals surface area contributed by atoms with Gasteiger partial charge in [0.25, 0.3) is 0 Å². The number of aromatic nitrogens is 5. The van der Waals surface area contributed by atoms with Gasteiger partial charge in [0.1, 0.15) is 5.75 Å². The highest BCUT2D eigenvalue weighted by molar-refractivity contribution is 7.99. The van der Waals surface area contributed by atoms with Crippen LogP contribution < -0.4 is 4.74 Å². The van der Waals surface area contributed by atoms with Crippen molar-refractivity contribution in [3.05, 3.63) is 71.8 Å². The Morgan fingerprint density at radius 3 is 2.44 bits per heavy atom. The minimum Gasteiger partial charge on any atom is -0.435 e. The molecule has 0 aliphatic rings. The summed E-state index contributed by atoms with van der Waals surface area (Å²) in [6, 6.07) is 11.9. The maximum Gasteiger partial charge on any atom is 0.387 e. The molecule has 0 unspecified atom stereocenters.